The third-order valence-electron chi connectivity index (χ3n) is 3.04. The SMILES string of the molecule is CN1CC=C(c2nc3cc(Cl)ccc3o2)CC1.Cl. The number of likely N-dealkylation sites (N-methyl/N-ethyl adjacent to an activating group) is 1. The predicted molar refractivity (Wildman–Crippen MR) is 76.4 cm³/mol. The van der Waals surface area contributed by atoms with Gasteiger partial charge in [-0.15, -0.1) is 12.4 Å². The highest BCUT2D eigenvalue weighted by molar-refractivity contribution is 6.31. The zero-order valence-corrected chi connectivity index (χ0v) is 11.6. The second kappa shape index (κ2) is 5.31. The Balaban J connectivity index is 0.00000120. The van der Waals surface area contributed by atoms with Crippen LogP contribution in [0.5, 0.6) is 0 Å². The van der Waals surface area contributed by atoms with Crippen LogP contribution in [0.2, 0.25) is 5.02 Å². The van der Waals surface area contributed by atoms with Crippen LogP contribution in [-0.2, 0) is 0 Å². The average molecular weight is 285 g/mol. The van der Waals surface area contributed by atoms with Crippen LogP contribution >= 0.6 is 24.0 Å². The summed E-state index contributed by atoms with van der Waals surface area (Å²) in [6.07, 6.45) is 3.16. The molecule has 1 aromatic carbocycles. The topological polar surface area (TPSA) is 29.3 Å². The second-order valence-electron chi connectivity index (χ2n) is 4.37. The molecular formula is C13H14Cl2N2O. The van der Waals surface area contributed by atoms with Gasteiger partial charge in [-0.25, -0.2) is 4.98 Å². The van der Waals surface area contributed by atoms with E-state index in [1.165, 1.54) is 5.57 Å². The van der Waals surface area contributed by atoms with Crippen molar-refractivity contribution in [2.24, 2.45) is 0 Å². The van der Waals surface area contributed by atoms with E-state index in [0.717, 1.165) is 36.5 Å². The van der Waals surface area contributed by atoms with Gasteiger partial charge in [0.15, 0.2) is 5.58 Å². The molecule has 0 saturated heterocycles. The summed E-state index contributed by atoms with van der Waals surface area (Å²) in [6, 6.07) is 5.52. The highest BCUT2D eigenvalue weighted by Gasteiger charge is 2.15. The minimum absolute atomic E-state index is 0. The van der Waals surface area contributed by atoms with Gasteiger partial charge < -0.3 is 9.32 Å². The van der Waals surface area contributed by atoms with Crippen LogP contribution < -0.4 is 0 Å². The Hall–Kier alpha value is -1.03. The van der Waals surface area contributed by atoms with Crippen molar-refractivity contribution in [3.05, 3.63) is 35.2 Å². The molecule has 5 heteroatoms. The molecule has 0 amide bonds. The lowest BCUT2D eigenvalue weighted by atomic mass is 10.1. The normalized spacial score (nSPS) is 16.4. The molecule has 0 bridgehead atoms. The molecule has 1 aliphatic rings. The van der Waals surface area contributed by atoms with Gasteiger partial charge in [0, 0.05) is 23.7 Å². The minimum atomic E-state index is 0. The van der Waals surface area contributed by atoms with Crippen LogP contribution in [0.1, 0.15) is 12.3 Å². The molecule has 18 heavy (non-hydrogen) atoms. The summed E-state index contributed by atoms with van der Waals surface area (Å²) in [5, 5.41) is 0.690. The molecule has 96 valence electrons. The number of hydrogen-bond acceptors (Lipinski definition) is 3. The minimum Gasteiger partial charge on any atom is -0.436 e. The first kappa shape index (κ1) is 13.4. The van der Waals surface area contributed by atoms with Crippen LogP contribution in [0.4, 0.5) is 0 Å². The molecule has 3 nitrogen and oxygen atoms in total. The maximum atomic E-state index is 5.93. The molecule has 0 fully saturated rings. The molecule has 0 atom stereocenters. The largest absolute Gasteiger partial charge is 0.436 e. The predicted octanol–water partition coefficient (Wildman–Crippen LogP) is 3.62. The molecular weight excluding hydrogens is 271 g/mol. The number of hydrogen-bond donors (Lipinski definition) is 0. The molecule has 1 aliphatic heterocycles. The van der Waals surface area contributed by atoms with Gasteiger partial charge >= 0.3 is 0 Å². The molecule has 2 heterocycles. The van der Waals surface area contributed by atoms with E-state index < -0.39 is 0 Å². The number of benzene rings is 1. The van der Waals surface area contributed by atoms with Crippen LogP contribution in [0.25, 0.3) is 16.7 Å². The summed E-state index contributed by atoms with van der Waals surface area (Å²) in [6.45, 7) is 2.00. The molecule has 2 aromatic rings. The van der Waals surface area contributed by atoms with E-state index in [9.17, 15) is 0 Å². The lowest BCUT2D eigenvalue weighted by Gasteiger charge is -2.20. The van der Waals surface area contributed by atoms with Crippen LogP contribution in [-0.4, -0.2) is 30.0 Å². The van der Waals surface area contributed by atoms with Gasteiger partial charge in [-0.2, -0.15) is 0 Å². The Morgan fingerprint density at radius 1 is 1.39 bits per heavy atom. The Bertz CT molecular complexity index is 592. The van der Waals surface area contributed by atoms with Crippen molar-refractivity contribution < 1.29 is 4.42 Å². The maximum absolute atomic E-state index is 5.93. The van der Waals surface area contributed by atoms with Crippen molar-refractivity contribution >= 4 is 40.7 Å². The first-order chi connectivity index (χ1) is 8.22. The monoisotopic (exact) mass is 284 g/mol. The molecule has 0 N–H and O–H groups in total. The number of aromatic nitrogens is 1. The molecule has 0 saturated carbocycles. The van der Waals surface area contributed by atoms with E-state index in [2.05, 4.69) is 23.0 Å². The average Bonchev–Trinajstić information content (AvgIpc) is 2.72. The molecule has 0 spiro atoms. The van der Waals surface area contributed by atoms with Crippen LogP contribution in [0.15, 0.2) is 28.7 Å². The quantitative estimate of drug-likeness (QED) is 0.801. The van der Waals surface area contributed by atoms with Crippen LogP contribution in [0, 0.1) is 0 Å². The lowest BCUT2D eigenvalue weighted by Crippen LogP contribution is -2.23. The van der Waals surface area contributed by atoms with E-state index in [1.807, 2.05) is 18.2 Å². The van der Waals surface area contributed by atoms with E-state index in [0.29, 0.717) is 5.02 Å². The van der Waals surface area contributed by atoms with Crippen molar-refractivity contribution in [3.63, 3.8) is 0 Å². The van der Waals surface area contributed by atoms with E-state index in [1.54, 1.807) is 0 Å². The van der Waals surface area contributed by atoms with Gasteiger partial charge in [0.2, 0.25) is 5.89 Å². The van der Waals surface area contributed by atoms with E-state index >= 15 is 0 Å². The van der Waals surface area contributed by atoms with Crippen molar-refractivity contribution in [1.29, 1.82) is 0 Å². The van der Waals surface area contributed by atoms with Crippen molar-refractivity contribution in [2.75, 3.05) is 20.1 Å². The highest BCUT2D eigenvalue weighted by atomic mass is 35.5. The van der Waals surface area contributed by atoms with Gasteiger partial charge in [0.1, 0.15) is 5.52 Å². The van der Waals surface area contributed by atoms with Gasteiger partial charge in [-0.3, -0.25) is 0 Å². The molecule has 0 unspecified atom stereocenters. The zero-order chi connectivity index (χ0) is 11.8. The maximum Gasteiger partial charge on any atom is 0.222 e. The van der Waals surface area contributed by atoms with Crippen molar-refractivity contribution in [1.82, 2.24) is 9.88 Å². The number of halogens is 2. The first-order valence-electron chi connectivity index (χ1n) is 5.66. The molecule has 0 radical (unpaired) electrons. The molecule has 1 aromatic heterocycles. The van der Waals surface area contributed by atoms with E-state index in [4.69, 9.17) is 16.0 Å². The fourth-order valence-corrected chi connectivity index (χ4v) is 2.17. The summed E-state index contributed by atoms with van der Waals surface area (Å²) < 4.78 is 5.74. The summed E-state index contributed by atoms with van der Waals surface area (Å²) in [5.41, 5.74) is 2.81. The second-order valence-corrected chi connectivity index (χ2v) is 4.81. The lowest BCUT2D eigenvalue weighted by molar-refractivity contribution is 0.367. The third-order valence-corrected chi connectivity index (χ3v) is 3.27. The summed E-state index contributed by atoms with van der Waals surface area (Å²) in [7, 11) is 2.11. The van der Waals surface area contributed by atoms with Gasteiger partial charge in [0.05, 0.1) is 0 Å². The van der Waals surface area contributed by atoms with Gasteiger partial charge in [0.25, 0.3) is 0 Å². The van der Waals surface area contributed by atoms with Crippen LogP contribution in [0.3, 0.4) is 0 Å². The Kier molecular flexibility index (Phi) is 3.95. The summed E-state index contributed by atoms with van der Waals surface area (Å²) >= 11 is 5.93. The van der Waals surface area contributed by atoms with Crippen molar-refractivity contribution in [3.8, 4) is 0 Å². The standard InChI is InChI=1S/C13H13ClN2O.ClH/c1-16-6-4-9(5-7-16)13-15-11-8-10(14)2-3-12(11)17-13;/h2-4,8H,5-7H2,1H3;1H. The number of rotatable bonds is 1. The molecule has 3 rings (SSSR count). The summed E-state index contributed by atoms with van der Waals surface area (Å²) in [4.78, 5) is 6.75. The Labute approximate surface area is 117 Å². The number of oxazole rings is 1. The smallest absolute Gasteiger partial charge is 0.222 e. The van der Waals surface area contributed by atoms with E-state index in [-0.39, 0.29) is 12.4 Å². The Morgan fingerprint density at radius 2 is 2.22 bits per heavy atom. The fourth-order valence-electron chi connectivity index (χ4n) is 2.00. The number of fused-ring (bicyclic) bond motifs is 1. The van der Waals surface area contributed by atoms with Gasteiger partial charge in [-0.05, 0) is 31.7 Å². The number of nitrogens with zero attached hydrogens (tertiary/aromatic N) is 2. The third kappa shape index (κ3) is 2.53. The fraction of sp³-hybridized carbons (Fsp3) is 0.308. The van der Waals surface area contributed by atoms with Gasteiger partial charge in [-0.1, -0.05) is 17.7 Å². The Morgan fingerprint density at radius 3 is 2.94 bits per heavy atom. The summed E-state index contributed by atoms with van der Waals surface area (Å²) in [5.74, 6) is 0.732. The zero-order valence-electron chi connectivity index (χ0n) is 10.0. The molecule has 0 aliphatic carbocycles. The van der Waals surface area contributed by atoms with Crippen molar-refractivity contribution in [2.45, 2.75) is 6.42 Å². The first-order valence-corrected chi connectivity index (χ1v) is 6.04. The highest BCUT2D eigenvalue weighted by Crippen LogP contribution is 2.26.